The third-order valence-electron chi connectivity index (χ3n) is 1.63. The van der Waals surface area contributed by atoms with Crippen LogP contribution in [-0.4, -0.2) is 18.6 Å². The summed E-state index contributed by atoms with van der Waals surface area (Å²) in [6.07, 6.45) is -1.00. The minimum atomic E-state index is -1.00. The first-order valence-electron chi connectivity index (χ1n) is 4.26. The molecule has 0 aliphatic rings. The summed E-state index contributed by atoms with van der Waals surface area (Å²) < 4.78 is 5.12. The van der Waals surface area contributed by atoms with Gasteiger partial charge in [-0.25, -0.2) is 4.79 Å². The van der Waals surface area contributed by atoms with Crippen molar-refractivity contribution in [1.82, 2.24) is 0 Å². The average Bonchev–Trinajstić information content (AvgIpc) is 2.19. The Morgan fingerprint density at radius 3 is 2.69 bits per heavy atom. The van der Waals surface area contributed by atoms with Gasteiger partial charge < -0.3 is 21.5 Å². The van der Waals surface area contributed by atoms with Crippen molar-refractivity contribution < 1.29 is 14.3 Å². The van der Waals surface area contributed by atoms with Crippen molar-refractivity contribution >= 4 is 39.3 Å². The molecule has 86 valence electrons. The van der Waals surface area contributed by atoms with Crippen LogP contribution in [0.25, 0.3) is 0 Å². The monoisotopic (exact) mass is 287 g/mol. The first-order valence-corrected chi connectivity index (χ1v) is 5.05. The Bertz CT molecular complexity index is 422. The summed E-state index contributed by atoms with van der Waals surface area (Å²) in [4.78, 5) is 21.5. The second-order valence-electron chi connectivity index (χ2n) is 2.89. The van der Waals surface area contributed by atoms with Crippen molar-refractivity contribution in [3.63, 3.8) is 0 Å². The Kier molecular flexibility index (Phi) is 4.12. The van der Waals surface area contributed by atoms with Crippen LogP contribution in [-0.2, 0) is 9.53 Å². The first kappa shape index (κ1) is 12.3. The molecule has 0 unspecified atom stereocenters. The molecule has 6 nitrogen and oxygen atoms in total. The van der Waals surface area contributed by atoms with Gasteiger partial charge in [-0.3, -0.25) is 4.79 Å². The lowest BCUT2D eigenvalue weighted by Gasteiger charge is -2.08. The van der Waals surface area contributed by atoms with Gasteiger partial charge in [-0.15, -0.1) is 0 Å². The molecule has 2 amide bonds. The SMILES string of the molecule is NC(=O)OCC(=O)Nc1ccc(Br)cc1N. The van der Waals surface area contributed by atoms with Crippen LogP contribution in [0.2, 0.25) is 0 Å². The number of primary amides is 1. The number of nitrogens with one attached hydrogen (secondary N) is 1. The molecule has 0 aliphatic carbocycles. The van der Waals surface area contributed by atoms with Crippen LogP contribution in [0.3, 0.4) is 0 Å². The van der Waals surface area contributed by atoms with Gasteiger partial charge in [-0.05, 0) is 18.2 Å². The van der Waals surface area contributed by atoms with E-state index in [9.17, 15) is 9.59 Å². The fraction of sp³-hybridized carbons (Fsp3) is 0.111. The lowest BCUT2D eigenvalue weighted by atomic mass is 10.2. The molecule has 0 radical (unpaired) electrons. The Labute approximate surface area is 100 Å². The molecule has 0 saturated heterocycles. The molecule has 5 N–H and O–H groups in total. The highest BCUT2D eigenvalue weighted by molar-refractivity contribution is 9.10. The zero-order chi connectivity index (χ0) is 12.1. The summed E-state index contributed by atoms with van der Waals surface area (Å²) in [6, 6.07) is 4.99. The van der Waals surface area contributed by atoms with E-state index in [2.05, 4.69) is 26.0 Å². The van der Waals surface area contributed by atoms with Gasteiger partial charge in [0.2, 0.25) is 0 Å². The maximum Gasteiger partial charge on any atom is 0.405 e. The Morgan fingerprint density at radius 1 is 1.44 bits per heavy atom. The van der Waals surface area contributed by atoms with Gasteiger partial charge in [0, 0.05) is 4.47 Å². The minimum Gasteiger partial charge on any atom is -0.440 e. The highest BCUT2D eigenvalue weighted by Crippen LogP contribution is 2.22. The third-order valence-corrected chi connectivity index (χ3v) is 2.13. The van der Waals surface area contributed by atoms with E-state index >= 15 is 0 Å². The lowest BCUT2D eigenvalue weighted by Crippen LogP contribution is -2.23. The van der Waals surface area contributed by atoms with Gasteiger partial charge >= 0.3 is 6.09 Å². The molecule has 0 aromatic heterocycles. The number of nitrogen functional groups attached to an aromatic ring is 1. The van der Waals surface area contributed by atoms with Crippen molar-refractivity contribution in [2.75, 3.05) is 17.7 Å². The van der Waals surface area contributed by atoms with Crippen LogP contribution in [0.4, 0.5) is 16.2 Å². The molecule has 16 heavy (non-hydrogen) atoms. The number of ether oxygens (including phenoxy) is 1. The quantitative estimate of drug-likeness (QED) is 0.723. The number of carbonyl (C=O) groups excluding carboxylic acids is 2. The Morgan fingerprint density at radius 2 is 2.12 bits per heavy atom. The summed E-state index contributed by atoms with van der Waals surface area (Å²) in [7, 11) is 0. The molecule has 0 heterocycles. The van der Waals surface area contributed by atoms with E-state index in [4.69, 9.17) is 11.5 Å². The summed E-state index contributed by atoms with van der Waals surface area (Å²) in [5.41, 5.74) is 11.2. The fourth-order valence-electron chi connectivity index (χ4n) is 0.970. The summed E-state index contributed by atoms with van der Waals surface area (Å²) in [5.74, 6) is -0.507. The summed E-state index contributed by atoms with van der Waals surface area (Å²) in [6.45, 7) is -0.440. The van der Waals surface area contributed by atoms with Crippen molar-refractivity contribution in [2.45, 2.75) is 0 Å². The maximum atomic E-state index is 11.2. The number of hydrogen-bond acceptors (Lipinski definition) is 4. The number of amides is 2. The third kappa shape index (κ3) is 3.77. The van der Waals surface area contributed by atoms with Crippen LogP contribution >= 0.6 is 15.9 Å². The van der Waals surface area contributed by atoms with E-state index in [1.807, 2.05) is 0 Å². The molecule has 0 bridgehead atoms. The van der Waals surface area contributed by atoms with Crippen molar-refractivity contribution in [2.24, 2.45) is 5.73 Å². The first-order chi connectivity index (χ1) is 7.49. The molecule has 0 saturated carbocycles. The molecular formula is C9H10BrN3O3. The minimum absolute atomic E-state index is 0.404. The summed E-state index contributed by atoms with van der Waals surface area (Å²) >= 11 is 3.23. The van der Waals surface area contributed by atoms with Crippen LogP contribution in [0, 0.1) is 0 Å². The molecule has 0 aliphatic heterocycles. The topological polar surface area (TPSA) is 107 Å². The molecule has 0 atom stereocenters. The number of anilines is 2. The van der Waals surface area contributed by atoms with Crippen molar-refractivity contribution in [3.05, 3.63) is 22.7 Å². The predicted molar refractivity (Wildman–Crippen MR) is 62.7 cm³/mol. The smallest absolute Gasteiger partial charge is 0.405 e. The molecule has 1 aromatic carbocycles. The van der Waals surface area contributed by atoms with Gasteiger partial charge in [0.25, 0.3) is 5.91 Å². The van der Waals surface area contributed by atoms with E-state index in [1.165, 1.54) is 0 Å². The number of rotatable bonds is 3. The van der Waals surface area contributed by atoms with Gasteiger partial charge in [-0.1, -0.05) is 15.9 Å². The van der Waals surface area contributed by atoms with E-state index < -0.39 is 18.6 Å². The molecule has 0 fully saturated rings. The van der Waals surface area contributed by atoms with E-state index in [0.717, 1.165) is 4.47 Å². The van der Waals surface area contributed by atoms with Crippen LogP contribution in [0.5, 0.6) is 0 Å². The second-order valence-corrected chi connectivity index (χ2v) is 3.80. The number of nitrogens with two attached hydrogens (primary N) is 2. The van der Waals surface area contributed by atoms with Crippen molar-refractivity contribution in [3.8, 4) is 0 Å². The zero-order valence-electron chi connectivity index (χ0n) is 8.20. The second kappa shape index (κ2) is 5.36. The molecule has 0 spiro atoms. The standard InChI is InChI=1S/C9H10BrN3O3/c10-5-1-2-7(6(11)3-5)13-8(14)4-16-9(12)15/h1-3H,4,11H2,(H2,12,15)(H,13,14). The molecule has 1 aromatic rings. The van der Waals surface area contributed by atoms with E-state index in [0.29, 0.717) is 11.4 Å². The van der Waals surface area contributed by atoms with Gasteiger partial charge in [0.1, 0.15) is 0 Å². The highest BCUT2D eigenvalue weighted by atomic mass is 79.9. The van der Waals surface area contributed by atoms with Gasteiger partial charge in [0.15, 0.2) is 6.61 Å². The number of hydrogen-bond donors (Lipinski definition) is 3. The Balaban J connectivity index is 2.59. The highest BCUT2D eigenvalue weighted by Gasteiger charge is 2.07. The number of benzene rings is 1. The molecular weight excluding hydrogens is 278 g/mol. The Hall–Kier alpha value is -1.76. The normalized spacial score (nSPS) is 9.56. The van der Waals surface area contributed by atoms with Gasteiger partial charge in [0.05, 0.1) is 11.4 Å². The molecule has 1 rings (SSSR count). The van der Waals surface area contributed by atoms with E-state index in [-0.39, 0.29) is 0 Å². The largest absolute Gasteiger partial charge is 0.440 e. The average molecular weight is 288 g/mol. The summed E-state index contributed by atoms with van der Waals surface area (Å²) in [5, 5.41) is 2.48. The number of carbonyl (C=O) groups is 2. The van der Waals surface area contributed by atoms with Gasteiger partial charge in [-0.2, -0.15) is 0 Å². The maximum absolute atomic E-state index is 11.2. The van der Waals surface area contributed by atoms with Crippen LogP contribution in [0.15, 0.2) is 22.7 Å². The zero-order valence-corrected chi connectivity index (χ0v) is 9.78. The predicted octanol–water partition coefficient (Wildman–Crippen LogP) is 1.07. The van der Waals surface area contributed by atoms with Crippen LogP contribution in [0.1, 0.15) is 0 Å². The lowest BCUT2D eigenvalue weighted by molar-refractivity contribution is -0.118. The number of halogens is 1. The molecule has 7 heteroatoms. The fourth-order valence-corrected chi connectivity index (χ4v) is 1.35. The van der Waals surface area contributed by atoms with Crippen LogP contribution < -0.4 is 16.8 Å². The van der Waals surface area contributed by atoms with Crippen molar-refractivity contribution in [1.29, 1.82) is 0 Å². The van der Waals surface area contributed by atoms with E-state index in [1.54, 1.807) is 18.2 Å².